The molecule has 0 fully saturated rings. The second-order valence-corrected chi connectivity index (χ2v) is 8.40. The molecule has 1 heterocycles. The molecule has 6 heteroatoms. The van der Waals surface area contributed by atoms with E-state index < -0.39 is 15.6 Å². The van der Waals surface area contributed by atoms with Crippen LogP contribution in [0.25, 0.3) is 0 Å². The third-order valence-corrected chi connectivity index (χ3v) is 5.61. The van der Waals surface area contributed by atoms with Crippen LogP contribution in [0.5, 0.6) is 11.5 Å². The summed E-state index contributed by atoms with van der Waals surface area (Å²) in [6, 6.07) is 13.7. The Kier molecular flexibility index (Phi) is 4.75. The Hall–Kier alpha value is -2.05. The molecule has 0 aliphatic carbocycles. The van der Waals surface area contributed by atoms with Gasteiger partial charge in [0, 0.05) is 12.0 Å². The minimum Gasteiger partial charge on any atom is -0.494 e. The smallest absolute Gasteiger partial charge is 0.241 e. The molecule has 0 saturated heterocycles. The van der Waals surface area contributed by atoms with Gasteiger partial charge in [-0.2, -0.15) is 0 Å². The van der Waals surface area contributed by atoms with Gasteiger partial charge in [0.2, 0.25) is 10.0 Å². The van der Waals surface area contributed by atoms with E-state index in [0.717, 1.165) is 11.3 Å². The van der Waals surface area contributed by atoms with Gasteiger partial charge in [-0.05, 0) is 51.1 Å². The third kappa shape index (κ3) is 3.96. The minimum atomic E-state index is -3.65. The molecule has 0 bridgehead atoms. The van der Waals surface area contributed by atoms with E-state index in [0.29, 0.717) is 18.8 Å². The first-order valence-electron chi connectivity index (χ1n) is 8.34. The van der Waals surface area contributed by atoms with Crippen molar-refractivity contribution in [2.45, 2.75) is 43.7 Å². The monoisotopic (exact) mass is 361 g/mol. The highest BCUT2D eigenvalue weighted by atomic mass is 32.2. The molecule has 0 amide bonds. The van der Waals surface area contributed by atoms with Crippen molar-refractivity contribution < 1.29 is 17.9 Å². The van der Waals surface area contributed by atoms with Gasteiger partial charge < -0.3 is 9.47 Å². The molecule has 1 atom stereocenters. The summed E-state index contributed by atoms with van der Waals surface area (Å²) in [6.45, 7) is 6.34. The van der Waals surface area contributed by atoms with Gasteiger partial charge in [0.1, 0.15) is 17.1 Å². The van der Waals surface area contributed by atoms with Gasteiger partial charge in [-0.25, -0.2) is 13.1 Å². The van der Waals surface area contributed by atoms with Gasteiger partial charge in [-0.3, -0.25) is 0 Å². The second kappa shape index (κ2) is 6.69. The Bertz CT molecular complexity index is 844. The van der Waals surface area contributed by atoms with Crippen molar-refractivity contribution in [2.75, 3.05) is 6.61 Å². The molecule has 2 aromatic rings. The fourth-order valence-electron chi connectivity index (χ4n) is 3.04. The summed E-state index contributed by atoms with van der Waals surface area (Å²) in [7, 11) is -3.65. The molecule has 1 aliphatic heterocycles. The maximum atomic E-state index is 12.8. The van der Waals surface area contributed by atoms with Crippen LogP contribution in [0.2, 0.25) is 0 Å². The topological polar surface area (TPSA) is 64.6 Å². The Balaban J connectivity index is 1.87. The Morgan fingerprint density at radius 2 is 1.84 bits per heavy atom. The van der Waals surface area contributed by atoms with Crippen LogP contribution in [0.1, 0.15) is 38.8 Å². The molecule has 0 spiro atoms. The SMILES string of the molecule is CCOc1ccc(S(=O)(=O)NC2CC(C)(C)Oc3ccccc32)cc1. The van der Waals surface area contributed by atoms with Crippen LogP contribution in [0.15, 0.2) is 53.4 Å². The van der Waals surface area contributed by atoms with E-state index in [-0.39, 0.29) is 10.9 Å². The highest BCUT2D eigenvalue weighted by Gasteiger charge is 2.35. The molecular weight excluding hydrogens is 338 g/mol. The van der Waals surface area contributed by atoms with Crippen molar-refractivity contribution in [3.05, 3.63) is 54.1 Å². The number of ether oxygens (including phenoxy) is 2. The van der Waals surface area contributed by atoms with Gasteiger partial charge in [0.05, 0.1) is 17.5 Å². The summed E-state index contributed by atoms with van der Waals surface area (Å²) in [5.41, 5.74) is 0.414. The molecule has 25 heavy (non-hydrogen) atoms. The molecule has 0 saturated carbocycles. The largest absolute Gasteiger partial charge is 0.494 e. The quantitative estimate of drug-likeness (QED) is 0.883. The van der Waals surface area contributed by atoms with Gasteiger partial charge in [-0.1, -0.05) is 18.2 Å². The van der Waals surface area contributed by atoms with E-state index in [1.54, 1.807) is 24.3 Å². The minimum absolute atomic E-state index is 0.220. The van der Waals surface area contributed by atoms with Crippen molar-refractivity contribution in [3.63, 3.8) is 0 Å². The first-order chi connectivity index (χ1) is 11.8. The maximum Gasteiger partial charge on any atom is 0.241 e. The lowest BCUT2D eigenvalue weighted by Gasteiger charge is -2.37. The number of benzene rings is 2. The lowest BCUT2D eigenvalue weighted by atomic mass is 9.90. The van der Waals surface area contributed by atoms with Gasteiger partial charge in [0.25, 0.3) is 0 Å². The van der Waals surface area contributed by atoms with Gasteiger partial charge in [0.15, 0.2) is 0 Å². The van der Waals surface area contributed by atoms with E-state index in [1.807, 2.05) is 45.0 Å². The second-order valence-electron chi connectivity index (χ2n) is 6.68. The zero-order valence-corrected chi connectivity index (χ0v) is 15.5. The number of sulfonamides is 1. The highest BCUT2D eigenvalue weighted by molar-refractivity contribution is 7.89. The number of hydrogen-bond donors (Lipinski definition) is 1. The molecule has 0 aromatic heterocycles. The van der Waals surface area contributed by atoms with Crippen LogP contribution >= 0.6 is 0 Å². The summed E-state index contributed by atoms with van der Waals surface area (Å²) in [5, 5.41) is 0. The van der Waals surface area contributed by atoms with Crippen molar-refractivity contribution in [3.8, 4) is 11.5 Å². The number of fused-ring (bicyclic) bond motifs is 1. The van der Waals surface area contributed by atoms with E-state index in [1.165, 1.54) is 0 Å². The van der Waals surface area contributed by atoms with E-state index >= 15 is 0 Å². The van der Waals surface area contributed by atoms with Crippen LogP contribution in [-0.4, -0.2) is 20.6 Å². The summed E-state index contributed by atoms with van der Waals surface area (Å²) >= 11 is 0. The van der Waals surface area contributed by atoms with E-state index in [9.17, 15) is 8.42 Å². The molecule has 3 rings (SSSR count). The van der Waals surface area contributed by atoms with E-state index in [2.05, 4.69) is 4.72 Å². The Morgan fingerprint density at radius 1 is 1.16 bits per heavy atom. The zero-order chi connectivity index (χ0) is 18.1. The third-order valence-electron chi connectivity index (χ3n) is 4.12. The normalized spacial score (nSPS) is 18.9. The predicted octanol–water partition coefficient (Wildman–Crippen LogP) is 3.67. The lowest BCUT2D eigenvalue weighted by Crippen LogP contribution is -2.41. The van der Waals surface area contributed by atoms with Crippen molar-refractivity contribution in [1.29, 1.82) is 0 Å². The number of hydrogen-bond acceptors (Lipinski definition) is 4. The van der Waals surface area contributed by atoms with Crippen molar-refractivity contribution in [1.82, 2.24) is 4.72 Å². The van der Waals surface area contributed by atoms with Crippen LogP contribution in [0.3, 0.4) is 0 Å². The fraction of sp³-hybridized carbons (Fsp3) is 0.368. The molecule has 2 aromatic carbocycles. The average molecular weight is 361 g/mol. The summed E-state index contributed by atoms with van der Waals surface area (Å²) in [6.07, 6.45) is 0.556. The molecule has 1 N–H and O–H groups in total. The standard InChI is InChI=1S/C19H23NO4S/c1-4-23-14-9-11-15(12-10-14)25(21,22)20-17-13-19(2,3)24-18-8-6-5-7-16(17)18/h5-12,17,20H,4,13H2,1-3H3. The molecule has 1 aliphatic rings. The van der Waals surface area contributed by atoms with Crippen molar-refractivity contribution >= 4 is 10.0 Å². The summed E-state index contributed by atoms with van der Waals surface area (Å²) in [4.78, 5) is 0.220. The highest BCUT2D eigenvalue weighted by Crippen LogP contribution is 2.39. The molecule has 5 nitrogen and oxygen atoms in total. The average Bonchev–Trinajstić information content (AvgIpc) is 2.54. The summed E-state index contributed by atoms with van der Waals surface area (Å²) < 4.78 is 39.7. The lowest BCUT2D eigenvalue weighted by molar-refractivity contribution is 0.0702. The first-order valence-corrected chi connectivity index (χ1v) is 9.82. The number of para-hydroxylation sites is 1. The van der Waals surface area contributed by atoms with Crippen LogP contribution in [-0.2, 0) is 10.0 Å². The molecule has 134 valence electrons. The Morgan fingerprint density at radius 3 is 2.52 bits per heavy atom. The first kappa shape index (κ1) is 17.8. The summed E-state index contributed by atoms with van der Waals surface area (Å²) in [5.74, 6) is 1.37. The number of rotatable bonds is 5. The Labute approximate surface area is 149 Å². The van der Waals surface area contributed by atoms with Crippen molar-refractivity contribution in [2.24, 2.45) is 0 Å². The number of nitrogens with one attached hydrogen (secondary N) is 1. The zero-order valence-electron chi connectivity index (χ0n) is 14.7. The van der Waals surface area contributed by atoms with Crippen LogP contribution in [0, 0.1) is 0 Å². The molecule has 1 unspecified atom stereocenters. The fourth-order valence-corrected chi connectivity index (χ4v) is 4.26. The van der Waals surface area contributed by atoms with Crippen LogP contribution < -0.4 is 14.2 Å². The predicted molar refractivity (Wildman–Crippen MR) is 96.4 cm³/mol. The van der Waals surface area contributed by atoms with Crippen LogP contribution in [0.4, 0.5) is 0 Å². The molecular formula is C19H23NO4S. The van der Waals surface area contributed by atoms with Gasteiger partial charge in [-0.15, -0.1) is 0 Å². The maximum absolute atomic E-state index is 12.8. The molecule has 0 radical (unpaired) electrons. The van der Waals surface area contributed by atoms with E-state index in [4.69, 9.17) is 9.47 Å². The van der Waals surface area contributed by atoms with Gasteiger partial charge >= 0.3 is 0 Å².